The van der Waals surface area contributed by atoms with E-state index in [-0.39, 0.29) is 23.4 Å². The van der Waals surface area contributed by atoms with E-state index in [1.807, 2.05) is 27.7 Å². The molecule has 0 spiro atoms. The molecule has 0 amide bonds. The van der Waals surface area contributed by atoms with E-state index in [1.165, 1.54) is 0 Å². The minimum absolute atomic E-state index is 0.0984. The van der Waals surface area contributed by atoms with Crippen LogP contribution < -0.4 is 0 Å². The molecule has 28 heavy (non-hydrogen) atoms. The van der Waals surface area contributed by atoms with Crippen molar-refractivity contribution >= 4 is 11.6 Å². The molecular formula is C24H46O4. The van der Waals surface area contributed by atoms with Crippen molar-refractivity contribution in [3.05, 3.63) is 0 Å². The first-order valence-corrected chi connectivity index (χ1v) is 11.4. The Kier molecular flexibility index (Phi) is 13.1. The van der Waals surface area contributed by atoms with Gasteiger partial charge in [0.1, 0.15) is 22.8 Å². The van der Waals surface area contributed by atoms with Gasteiger partial charge in [0.15, 0.2) is 0 Å². The van der Waals surface area contributed by atoms with Crippen molar-refractivity contribution in [3.63, 3.8) is 0 Å². The maximum atomic E-state index is 12.6. The highest BCUT2D eigenvalue weighted by Gasteiger charge is 2.33. The lowest BCUT2D eigenvalue weighted by atomic mass is 9.88. The van der Waals surface area contributed by atoms with E-state index in [4.69, 9.17) is 9.78 Å². The van der Waals surface area contributed by atoms with E-state index in [2.05, 4.69) is 27.7 Å². The molecule has 0 bridgehead atoms. The lowest BCUT2D eigenvalue weighted by Crippen LogP contribution is -2.37. The van der Waals surface area contributed by atoms with Gasteiger partial charge in [0.2, 0.25) is 0 Å². The first kappa shape index (κ1) is 27.3. The fourth-order valence-corrected chi connectivity index (χ4v) is 3.50. The molecular weight excluding hydrogens is 352 g/mol. The molecule has 4 heteroatoms. The summed E-state index contributed by atoms with van der Waals surface area (Å²) in [4.78, 5) is 36.6. The van der Waals surface area contributed by atoms with Crippen LogP contribution in [0.15, 0.2) is 0 Å². The Bertz CT molecular complexity index is 412. The number of hydrogen-bond donors (Lipinski definition) is 0. The van der Waals surface area contributed by atoms with Crippen LogP contribution in [0.25, 0.3) is 0 Å². The number of carbonyl (C=O) groups excluding carboxylic acids is 2. The predicted molar refractivity (Wildman–Crippen MR) is 116 cm³/mol. The zero-order chi connectivity index (χ0) is 21.8. The van der Waals surface area contributed by atoms with Gasteiger partial charge in [0, 0.05) is 24.7 Å². The Morgan fingerprint density at radius 2 is 1.00 bits per heavy atom. The minimum atomic E-state index is -0.705. The minimum Gasteiger partial charge on any atom is -0.299 e. The molecule has 0 fully saturated rings. The molecule has 0 saturated carbocycles. The summed E-state index contributed by atoms with van der Waals surface area (Å²) in [6.07, 6.45) is 8.63. The van der Waals surface area contributed by atoms with E-state index in [1.54, 1.807) is 0 Å². The van der Waals surface area contributed by atoms with E-state index < -0.39 is 11.2 Å². The smallest absolute Gasteiger partial charge is 0.138 e. The quantitative estimate of drug-likeness (QED) is 0.199. The van der Waals surface area contributed by atoms with Crippen molar-refractivity contribution in [2.75, 3.05) is 0 Å². The van der Waals surface area contributed by atoms with Crippen LogP contribution in [-0.2, 0) is 19.4 Å². The SMILES string of the molecule is CCCCC(CC)C(=O)CC(C)(C)OOC(C)(C)CC(=O)C(CC)CCCC. The topological polar surface area (TPSA) is 52.6 Å². The summed E-state index contributed by atoms with van der Waals surface area (Å²) in [6, 6.07) is 0. The molecule has 0 aromatic rings. The number of carbonyl (C=O) groups is 2. The molecule has 2 unspecified atom stereocenters. The van der Waals surface area contributed by atoms with Crippen LogP contribution in [-0.4, -0.2) is 22.8 Å². The average molecular weight is 399 g/mol. The van der Waals surface area contributed by atoms with Gasteiger partial charge in [-0.15, -0.1) is 0 Å². The average Bonchev–Trinajstić information content (AvgIpc) is 2.61. The van der Waals surface area contributed by atoms with E-state index in [0.29, 0.717) is 12.8 Å². The highest BCUT2D eigenvalue weighted by atomic mass is 17.2. The third kappa shape index (κ3) is 11.3. The molecule has 166 valence electrons. The maximum Gasteiger partial charge on any atom is 0.138 e. The van der Waals surface area contributed by atoms with E-state index >= 15 is 0 Å². The number of ketones is 2. The summed E-state index contributed by atoms with van der Waals surface area (Å²) < 4.78 is 0. The number of rotatable bonds is 17. The van der Waals surface area contributed by atoms with Crippen molar-refractivity contribution in [2.45, 2.75) is 131 Å². The van der Waals surface area contributed by atoms with Gasteiger partial charge in [-0.05, 0) is 53.4 Å². The summed E-state index contributed by atoms with van der Waals surface area (Å²) in [5.41, 5.74) is -1.41. The number of hydrogen-bond acceptors (Lipinski definition) is 4. The number of Topliss-reactive ketones (excluding diaryl/α,β-unsaturated/α-hetero) is 2. The van der Waals surface area contributed by atoms with Gasteiger partial charge < -0.3 is 0 Å². The second-order valence-corrected chi connectivity index (χ2v) is 9.47. The first-order valence-electron chi connectivity index (χ1n) is 11.4. The Labute approximate surface area is 174 Å². The Morgan fingerprint density at radius 1 is 0.679 bits per heavy atom. The molecule has 2 atom stereocenters. The third-order valence-corrected chi connectivity index (χ3v) is 5.40. The third-order valence-electron chi connectivity index (χ3n) is 5.40. The van der Waals surface area contributed by atoms with E-state index in [0.717, 1.165) is 51.4 Å². The first-order chi connectivity index (χ1) is 13.0. The second-order valence-electron chi connectivity index (χ2n) is 9.47. The maximum absolute atomic E-state index is 12.6. The van der Waals surface area contributed by atoms with Gasteiger partial charge in [0.25, 0.3) is 0 Å². The van der Waals surface area contributed by atoms with Crippen molar-refractivity contribution in [2.24, 2.45) is 11.8 Å². The molecule has 0 aliphatic heterocycles. The molecule has 0 aromatic heterocycles. The molecule has 0 heterocycles. The summed E-state index contributed by atoms with van der Waals surface area (Å²) in [7, 11) is 0. The molecule has 0 rings (SSSR count). The van der Waals surface area contributed by atoms with Crippen LogP contribution in [0, 0.1) is 11.8 Å². The summed E-state index contributed by atoms with van der Waals surface area (Å²) in [5, 5.41) is 0. The summed E-state index contributed by atoms with van der Waals surface area (Å²) in [6.45, 7) is 16.0. The largest absolute Gasteiger partial charge is 0.299 e. The van der Waals surface area contributed by atoms with Gasteiger partial charge in [-0.1, -0.05) is 53.4 Å². The Morgan fingerprint density at radius 3 is 1.25 bits per heavy atom. The summed E-state index contributed by atoms with van der Waals surface area (Å²) in [5.74, 6) is 0.677. The molecule has 0 aromatic carbocycles. The highest BCUT2D eigenvalue weighted by Crippen LogP contribution is 2.27. The van der Waals surface area contributed by atoms with Gasteiger partial charge in [-0.25, -0.2) is 9.78 Å². The zero-order valence-corrected chi connectivity index (χ0v) is 19.9. The van der Waals surface area contributed by atoms with Crippen LogP contribution in [0.3, 0.4) is 0 Å². The Hall–Kier alpha value is -0.740. The second kappa shape index (κ2) is 13.5. The standard InChI is InChI=1S/C24H46O4/c1-9-13-15-19(11-3)21(25)17-23(5,6)27-28-24(7,8)18-22(26)20(12-4)16-14-10-2/h19-20H,9-18H2,1-8H3. The normalized spacial score (nSPS) is 14.7. The van der Waals surface area contributed by atoms with Crippen molar-refractivity contribution in [3.8, 4) is 0 Å². The highest BCUT2D eigenvalue weighted by molar-refractivity contribution is 5.82. The number of unbranched alkanes of at least 4 members (excludes halogenated alkanes) is 2. The summed E-state index contributed by atoms with van der Waals surface area (Å²) >= 11 is 0. The van der Waals surface area contributed by atoms with Crippen LogP contribution in [0.4, 0.5) is 0 Å². The lowest BCUT2D eigenvalue weighted by molar-refractivity contribution is -0.399. The van der Waals surface area contributed by atoms with Crippen LogP contribution >= 0.6 is 0 Å². The van der Waals surface area contributed by atoms with Gasteiger partial charge in [0.05, 0.1) is 0 Å². The van der Waals surface area contributed by atoms with Gasteiger partial charge in [-0.2, -0.15) is 0 Å². The lowest BCUT2D eigenvalue weighted by Gasteiger charge is -2.31. The van der Waals surface area contributed by atoms with E-state index in [9.17, 15) is 9.59 Å². The van der Waals surface area contributed by atoms with Crippen LogP contribution in [0.1, 0.15) is 120 Å². The molecule has 4 nitrogen and oxygen atoms in total. The molecule has 0 N–H and O–H groups in total. The fraction of sp³-hybridized carbons (Fsp3) is 0.917. The van der Waals surface area contributed by atoms with Gasteiger partial charge in [-0.3, -0.25) is 9.59 Å². The monoisotopic (exact) mass is 398 g/mol. The van der Waals surface area contributed by atoms with Crippen molar-refractivity contribution < 1.29 is 19.4 Å². The molecule has 0 aliphatic rings. The molecule has 0 aliphatic carbocycles. The molecule has 0 radical (unpaired) electrons. The van der Waals surface area contributed by atoms with Crippen LogP contribution in [0.2, 0.25) is 0 Å². The van der Waals surface area contributed by atoms with Crippen LogP contribution in [0.5, 0.6) is 0 Å². The molecule has 0 saturated heterocycles. The van der Waals surface area contributed by atoms with Gasteiger partial charge >= 0.3 is 0 Å². The van der Waals surface area contributed by atoms with Crippen molar-refractivity contribution in [1.29, 1.82) is 0 Å². The predicted octanol–water partition coefficient (Wildman–Crippen LogP) is 6.84. The Balaban J connectivity index is 4.67. The van der Waals surface area contributed by atoms with Crippen molar-refractivity contribution in [1.82, 2.24) is 0 Å². The fourth-order valence-electron chi connectivity index (χ4n) is 3.50. The zero-order valence-electron chi connectivity index (χ0n) is 19.9.